The third kappa shape index (κ3) is 3.72. The molecule has 2 saturated heterocycles. The fraction of sp³-hybridized carbons (Fsp3) is 0.318. The zero-order valence-electron chi connectivity index (χ0n) is 16.2. The molecule has 2 aliphatic heterocycles. The van der Waals surface area contributed by atoms with E-state index in [9.17, 15) is 14.4 Å². The maximum absolute atomic E-state index is 12.4. The molecule has 150 valence electrons. The minimum atomic E-state index is -0.430. The molecule has 2 fully saturated rings. The maximum atomic E-state index is 12.4. The summed E-state index contributed by atoms with van der Waals surface area (Å²) in [6.07, 6.45) is 1.70. The first-order valence-electron chi connectivity index (χ1n) is 9.71. The molecule has 2 heterocycles. The van der Waals surface area contributed by atoms with Gasteiger partial charge in [-0.25, -0.2) is 4.79 Å². The molecule has 0 bridgehead atoms. The fourth-order valence-electron chi connectivity index (χ4n) is 3.96. The minimum absolute atomic E-state index is 0.00175. The number of halogens is 1. The van der Waals surface area contributed by atoms with Gasteiger partial charge in [0.1, 0.15) is 0 Å². The molecule has 0 radical (unpaired) electrons. The number of urea groups is 1. The quantitative estimate of drug-likeness (QED) is 0.781. The average molecular weight is 412 g/mol. The molecule has 1 N–H and O–H groups in total. The zero-order valence-corrected chi connectivity index (χ0v) is 16.9. The van der Waals surface area contributed by atoms with Gasteiger partial charge in [0.25, 0.3) is 0 Å². The molecule has 0 spiro atoms. The van der Waals surface area contributed by atoms with E-state index in [0.717, 1.165) is 35.3 Å². The second kappa shape index (κ2) is 7.87. The molecule has 2 aromatic carbocycles. The van der Waals surface area contributed by atoms with Crippen molar-refractivity contribution in [2.75, 3.05) is 25.0 Å². The van der Waals surface area contributed by atoms with Crippen molar-refractivity contribution in [2.24, 2.45) is 0 Å². The Morgan fingerprint density at radius 2 is 1.79 bits per heavy atom. The Labute approximate surface area is 174 Å². The summed E-state index contributed by atoms with van der Waals surface area (Å²) in [5.41, 5.74) is 3.31. The third-order valence-electron chi connectivity index (χ3n) is 5.57. The largest absolute Gasteiger partial charge is 0.327 e. The molecule has 2 aliphatic rings. The normalized spacial score (nSPS) is 20.1. The van der Waals surface area contributed by atoms with Crippen LogP contribution in [-0.2, 0) is 9.59 Å². The van der Waals surface area contributed by atoms with Crippen LogP contribution < -0.4 is 10.2 Å². The van der Waals surface area contributed by atoms with Gasteiger partial charge in [0.15, 0.2) is 0 Å². The highest BCUT2D eigenvalue weighted by molar-refractivity contribution is 6.34. The fourth-order valence-corrected chi connectivity index (χ4v) is 4.32. The lowest BCUT2D eigenvalue weighted by Gasteiger charge is -2.33. The Hall–Kier alpha value is -2.86. The summed E-state index contributed by atoms with van der Waals surface area (Å²) in [6.45, 7) is 1.48. The Morgan fingerprint density at radius 3 is 2.52 bits per heavy atom. The van der Waals surface area contributed by atoms with E-state index >= 15 is 0 Å². The van der Waals surface area contributed by atoms with Crippen LogP contribution in [0.5, 0.6) is 0 Å². The topological polar surface area (TPSA) is 69.7 Å². The number of carbonyl (C=O) groups is 3. The standard InChI is InChI=1S/C22H22ClN3O3/c1-25-12-3-13-26(22(25)29)15-8-6-14(7-9-15)16-4-2-5-17(20(16)23)18-10-11-19(27)24-21(18)28/h2,4-9,18H,3,10-13H2,1H3,(H,24,27,28). The van der Waals surface area contributed by atoms with Crippen LogP contribution in [0.15, 0.2) is 42.5 Å². The van der Waals surface area contributed by atoms with E-state index in [4.69, 9.17) is 11.6 Å². The first-order valence-corrected chi connectivity index (χ1v) is 10.1. The third-order valence-corrected chi connectivity index (χ3v) is 5.99. The van der Waals surface area contributed by atoms with Crippen LogP contribution >= 0.6 is 11.6 Å². The van der Waals surface area contributed by atoms with Gasteiger partial charge in [-0.1, -0.05) is 41.9 Å². The number of imide groups is 1. The SMILES string of the molecule is CN1CCCN(c2ccc(-c3cccc(C4CCC(=O)NC4=O)c3Cl)cc2)C1=O. The van der Waals surface area contributed by atoms with Gasteiger partial charge in [-0.15, -0.1) is 0 Å². The monoisotopic (exact) mass is 411 g/mol. The second-order valence-electron chi connectivity index (χ2n) is 7.47. The number of nitrogens with one attached hydrogen (secondary N) is 1. The van der Waals surface area contributed by atoms with Crippen LogP contribution in [0, 0.1) is 0 Å². The van der Waals surface area contributed by atoms with Crippen molar-refractivity contribution in [1.29, 1.82) is 0 Å². The summed E-state index contributed by atoms with van der Waals surface area (Å²) in [4.78, 5) is 39.6. The van der Waals surface area contributed by atoms with Crippen molar-refractivity contribution in [2.45, 2.75) is 25.2 Å². The average Bonchev–Trinajstić information content (AvgIpc) is 2.71. The molecule has 0 saturated carbocycles. The Kier molecular flexibility index (Phi) is 5.28. The van der Waals surface area contributed by atoms with Gasteiger partial charge < -0.3 is 4.90 Å². The first kappa shape index (κ1) is 19.5. The predicted octanol–water partition coefficient (Wildman–Crippen LogP) is 3.79. The van der Waals surface area contributed by atoms with E-state index in [1.54, 1.807) is 9.80 Å². The summed E-state index contributed by atoms with van der Waals surface area (Å²) >= 11 is 6.67. The number of nitrogens with zero attached hydrogens (tertiary/aromatic N) is 2. The van der Waals surface area contributed by atoms with E-state index in [1.807, 2.05) is 49.5 Å². The zero-order chi connectivity index (χ0) is 20.5. The van der Waals surface area contributed by atoms with E-state index in [0.29, 0.717) is 24.4 Å². The first-order chi connectivity index (χ1) is 14.0. The molecule has 4 rings (SSSR count). The van der Waals surface area contributed by atoms with E-state index in [1.165, 1.54) is 0 Å². The lowest BCUT2D eigenvalue weighted by Crippen LogP contribution is -2.47. The molecule has 0 aromatic heterocycles. The number of hydrogen-bond donors (Lipinski definition) is 1. The summed E-state index contributed by atoms with van der Waals surface area (Å²) in [6, 6.07) is 13.3. The number of rotatable bonds is 3. The Bertz CT molecular complexity index is 974. The summed E-state index contributed by atoms with van der Waals surface area (Å²) in [7, 11) is 1.81. The van der Waals surface area contributed by atoms with Crippen LogP contribution in [0.3, 0.4) is 0 Å². The number of hydrogen-bond acceptors (Lipinski definition) is 3. The molecule has 0 aliphatic carbocycles. The lowest BCUT2D eigenvalue weighted by molar-refractivity contribution is -0.134. The van der Waals surface area contributed by atoms with Crippen LogP contribution in [0.4, 0.5) is 10.5 Å². The Morgan fingerprint density at radius 1 is 1.03 bits per heavy atom. The molecular formula is C22H22ClN3O3. The van der Waals surface area contributed by atoms with E-state index in [2.05, 4.69) is 5.32 Å². The van der Waals surface area contributed by atoms with Crippen LogP contribution in [0.1, 0.15) is 30.7 Å². The molecule has 4 amide bonds. The molecule has 1 unspecified atom stereocenters. The highest BCUT2D eigenvalue weighted by atomic mass is 35.5. The van der Waals surface area contributed by atoms with Gasteiger partial charge >= 0.3 is 6.03 Å². The van der Waals surface area contributed by atoms with Gasteiger partial charge in [0.05, 0.1) is 10.9 Å². The highest BCUT2D eigenvalue weighted by Crippen LogP contribution is 2.37. The van der Waals surface area contributed by atoms with Gasteiger partial charge in [0, 0.05) is 37.8 Å². The van der Waals surface area contributed by atoms with Gasteiger partial charge in [-0.2, -0.15) is 0 Å². The molecule has 6 nitrogen and oxygen atoms in total. The number of amides is 4. The maximum Gasteiger partial charge on any atom is 0.324 e. The van der Waals surface area contributed by atoms with Crippen LogP contribution in [-0.4, -0.2) is 42.9 Å². The van der Waals surface area contributed by atoms with Crippen molar-refractivity contribution in [3.8, 4) is 11.1 Å². The predicted molar refractivity (Wildman–Crippen MR) is 112 cm³/mol. The van der Waals surface area contributed by atoms with Crippen LogP contribution in [0.2, 0.25) is 5.02 Å². The highest BCUT2D eigenvalue weighted by Gasteiger charge is 2.30. The number of carbonyl (C=O) groups excluding carboxylic acids is 3. The lowest BCUT2D eigenvalue weighted by atomic mass is 9.88. The number of piperidine rings is 1. The minimum Gasteiger partial charge on any atom is -0.327 e. The van der Waals surface area contributed by atoms with Gasteiger partial charge in [-0.05, 0) is 36.1 Å². The summed E-state index contributed by atoms with van der Waals surface area (Å²) in [5.74, 6) is -0.976. The van der Waals surface area contributed by atoms with Crippen molar-refractivity contribution >= 4 is 35.1 Å². The Balaban J connectivity index is 1.61. The van der Waals surface area contributed by atoms with Crippen molar-refractivity contribution in [3.63, 3.8) is 0 Å². The van der Waals surface area contributed by atoms with Gasteiger partial charge in [-0.3, -0.25) is 19.8 Å². The van der Waals surface area contributed by atoms with Crippen molar-refractivity contribution < 1.29 is 14.4 Å². The second-order valence-corrected chi connectivity index (χ2v) is 7.85. The summed E-state index contributed by atoms with van der Waals surface area (Å²) < 4.78 is 0. The number of benzene rings is 2. The molecule has 7 heteroatoms. The van der Waals surface area contributed by atoms with Gasteiger partial charge in [0.2, 0.25) is 11.8 Å². The smallest absolute Gasteiger partial charge is 0.324 e. The van der Waals surface area contributed by atoms with Crippen molar-refractivity contribution in [3.05, 3.63) is 53.1 Å². The number of anilines is 1. The van der Waals surface area contributed by atoms with Crippen molar-refractivity contribution in [1.82, 2.24) is 10.2 Å². The molecule has 29 heavy (non-hydrogen) atoms. The molecular weight excluding hydrogens is 390 g/mol. The molecule has 1 atom stereocenters. The van der Waals surface area contributed by atoms with Crippen LogP contribution in [0.25, 0.3) is 11.1 Å². The van der Waals surface area contributed by atoms with E-state index < -0.39 is 5.92 Å². The van der Waals surface area contributed by atoms with E-state index in [-0.39, 0.29) is 17.8 Å². The summed E-state index contributed by atoms with van der Waals surface area (Å²) in [5, 5.41) is 2.91. The molecule has 2 aromatic rings.